The second-order valence-corrected chi connectivity index (χ2v) is 6.15. The van der Waals surface area contributed by atoms with Crippen LogP contribution >= 0.6 is 0 Å². The molecule has 6 nitrogen and oxygen atoms in total. The van der Waals surface area contributed by atoms with E-state index in [1.54, 1.807) is 12.1 Å². The van der Waals surface area contributed by atoms with Gasteiger partial charge in [0.1, 0.15) is 0 Å². The Bertz CT molecular complexity index is 526. The summed E-state index contributed by atoms with van der Waals surface area (Å²) in [6.07, 6.45) is 1.16. The van der Waals surface area contributed by atoms with Crippen LogP contribution in [0.2, 0.25) is 0 Å². The van der Waals surface area contributed by atoms with E-state index in [0.717, 1.165) is 5.56 Å². The predicted octanol–water partition coefficient (Wildman–Crippen LogP) is 0.373. The van der Waals surface area contributed by atoms with Crippen molar-refractivity contribution in [2.24, 2.45) is 0 Å². The van der Waals surface area contributed by atoms with Gasteiger partial charge in [-0.25, -0.2) is 13.1 Å². The molecule has 0 saturated heterocycles. The van der Waals surface area contributed by atoms with E-state index >= 15 is 0 Å². The second-order valence-electron chi connectivity index (χ2n) is 4.38. The van der Waals surface area contributed by atoms with Gasteiger partial charge in [0.05, 0.1) is 4.90 Å². The number of aliphatic hydroxyl groups is 1. The molecule has 1 amide bonds. The van der Waals surface area contributed by atoms with Crippen LogP contribution in [0.3, 0.4) is 0 Å². The lowest BCUT2D eigenvalue weighted by molar-refractivity contribution is -0.119. The number of nitrogens with one attached hydrogen (secondary N) is 2. The van der Waals surface area contributed by atoms with Crippen LogP contribution in [0.15, 0.2) is 29.2 Å². The Balaban J connectivity index is 2.60. The molecule has 1 rings (SSSR count). The van der Waals surface area contributed by atoms with E-state index < -0.39 is 10.0 Å². The molecule has 0 atom stereocenters. The minimum atomic E-state index is -3.51. The smallest absolute Gasteiger partial charge is 0.240 e. The summed E-state index contributed by atoms with van der Waals surface area (Å²) in [6, 6.07) is 6.34. The van der Waals surface area contributed by atoms with E-state index in [4.69, 9.17) is 5.11 Å². The van der Waals surface area contributed by atoms with Gasteiger partial charge in [-0.2, -0.15) is 0 Å². The maximum atomic E-state index is 11.9. The highest BCUT2D eigenvalue weighted by molar-refractivity contribution is 7.89. The van der Waals surface area contributed by atoms with Gasteiger partial charge in [0.15, 0.2) is 0 Å². The molecule has 0 aliphatic carbocycles. The Morgan fingerprint density at radius 3 is 2.40 bits per heavy atom. The molecule has 0 aromatic heterocycles. The summed E-state index contributed by atoms with van der Waals surface area (Å²) in [5, 5.41) is 11.3. The molecule has 0 aliphatic rings. The van der Waals surface area contributed by atoms with Crippen LogP contribution < -0.4 is 10.0 Å². The van der Waals surface area contributed by atoms with Crippen LogP contribution in [-0.2, 0) is 21.4 Å². The van der Waals surface area contributed by atoms with Gasteiger partial charge >= 0.3 is 0 Å². The van der Waals surface area contributed by atoms with Gasteiger partial charge in [-0.1, -0.05) is 12.1 Å². The summed E-state index contributed by atoms with van der Waals surface area (Å²) in [5.41, 5.74) is 0.833. The lowest BCUT2D eigenvalue weighted by Gasteiger charge is -2.07. The largest absolute Gasteiger partial charge is 0.396 e. The van der Waals surface area contributed by atoms with Crippen molar-refractivity contribution in [1.82, 2.24) is 10.0 Å². The first-order valence-electron chi connectivity index (χ1n) is 6.39. The first-order valence-corrected chi connectivity index (χ1v) is 7.88. The van der Waals surface area contributed by atoms with E-state index in [1.165, 1.54) is 19.1 Å². The van der Waals surface area contributed by atoms with Crippen LogP contribution in [0.5, 0.6) is 0 Å². The molecular formula is C13H20N2O4S. The van der Waals surface area contributed by atoms with Crippen LogP contribution in [0.1, 0.15) is 25.3 Å². The van der Waals surface area contributed by atoms with Crippen molar-refractivity contribution in [3.63, 3.8) is 0 Å². The Morgan fingerprint density at radius 2 is 1.85 bits per heavy atom. The summed E-state index contributed by atoms with van der Waals surface area (Å²) >= 11 is 0. The molecule has 3 N–H and O–H groups in total. The molecule has 1 aromatic carbocycles. The monoisotopic (exact) mass is 300 g/mol. The number of amides is 1. The standard InChI is InChI=1S/C13H20N2O4S/c1-11(17)14-10-12-4-6-13(7-5-12)20(18,19)15-8-2-3-9-16/h4-7,15-16H,2-3,8-10H2,1H3,(H,14,17). The molecule has 0 unspecified atom stereocenters. The fourth-order valence-electron chi connectivity index (χ4n) is 1.54. The van der Waals surface area contributed by atoms with Crippen molar-refractivity contribution in [2.45, 2.75) is 31.2 Å². The molecule has 1 aromatic rings. The zero-order valence-corrected chi connectivity index (χ0v) is 12.2. The van der Waals surface area contributed by atoms with E-state index in [0.29, 0.717) is 25.9 Å². The average molecular weight is 300 g/mol. The molecule has 0 radical (unpaired) electrons. The van der Waals surface area contributed by atoms with Crippen LogP contribution in [0.25, 0.3) is 0 Å². The van der Waals surface area contributed by atoms with Crippen LogP contribution in [-0.4, -0.2) is 32.6 Å². The van der Waals surface area contributed by atoms with Crippen molar-refractivity contribution in [2.75, 3.05) is 13.2 Å². The maximum Gasteiger partial charge on any atom is 0.240 e. The average Bonchev–Trinajstić information content (AvgIpc) is 2.42. The first kappa shape index (κ1) is 16.6. The zero-order chi connectivity index (χ0) is 15.0. The first-order chi connectivity index (χ1) is 9.45. The molecule has 0 bridgehead atoms. The molecule has 0 heterocycles. The molecule has 0 spiro atoms. The quantitative estimate of drug-likeness (QED) is 0.605. The fraction of sp³-hybridized carbons (Fsp3) is 0.462. The number of hydrogen-bond donors (Lipinski definition) is 3. The Kier molecular flexibility index (Phi) is 6.63. The third-order valence-corrected chi connectivity index (χ3v) is 4.13. The number of sulfonamides is 1. The number of carbonyl (C=O) groups excluding carboxylic acids is 1. The fourth-order valence-corrected chi connectivity index (χ4v) is 2.61. The van der Waals surface area contributed by atoms with Gasteiger partial charge < -0.3 is 10.4 Å². The highest BCUT2D eigenvalue weighted by Crippen LogP contribution is 2.10. The van der Waals surface area contributed by atoms with Crippen LogP contribution in [0.4, 0.5) is 0 Å². The highest BCUT2D eigenvalue weighted by Gasteiger charge is 2.12. The minimum Gasteiger partial charge on any atom is -0.396 e. The number of aliphatic hydroxyl groups excluding tert-OH is 1. The lowest BCUT2D eigenvalue weighted by Crippen LogP contribution is -2.25. The third kappa shape index (κ3) is 5.68. The second kappa shape index (κ2) is 7.98. The molecule has 0 saturated carbocycles. The normalized spacial score (nSPS) is 11.3. The zero-order valence-electron chi connectivity index (χ0n) is 11.4. The Morgan fingerprint density at radius 1 is 1.20 bits per heavy atom. The number of carbonyl (C=O) groups is 1. The number of benzene rings is 1. The molecule has 0 fully saturated rings. The van der Waals surface area contributed by atoms with E-state index in [1.807, 2.05) is 0 Å². The lowest BCUT2D eigenvalue weighted by atomic mass is 10.2. The summed E-state index contributed by atoms with van der Waals surface area (Å²) < 4.78 is 26.3. The minimum absolute atomic E-state index is 0.0551. The van der Waals surface area contributed by atoms with E-state index in [2.05, 4.69) is 10.0 Å². The van der Waals surface area contributed by atoms with Gasteiger partial charge in [0.2, 0.25) is 15.9 Å². The van der Waals surface area contributed by atoms with Crippen molar-refractivity contribution >= 4 is 15.9 Å². The van der Waals surface area contributed by atoms with Gasteiger partial charge in [-0.15, -0.1) is 0 Å². The van der Waals surface area contributed by atoms with Gasteiger partial charge in [0.25, 0.3) is 0 Å². The van der Waals surface area contributed by atoms with Gasteiger partial charge in [-0.05, 0) is 30.5 Å². The Labute approximate surface area is 119 Å². The van der Waals surface area contributed by atoms with Crippen molar-refractivity contribution < 1.29 is 18.3 Å². The van der Waals surface area contributed by atoms with Crippen molar-refractivity contribution in [3.05, 3.63) is 29.8 Å². The summed E-state index contributed by atoms with van der Waals surface area (Å²) in [7, 11) is -3.51. The number of unbranched alkanes of at least 4 members (excludes halogenated alkanes) is 1. The van der Waals surface area contributed by atoms with E-state index in [9.17, 15) is 13.2 Å². The molecular weight excluding hydrogens is 280 g/mol. The molecule has 7 heteroatoms. The van der Waals surface area contributed by atoms with Gasteiger partial charge in [-0.3, -0.25) is 4.79 Å². The number of rotatable bonds is 8. The Hall–Kier alpha value is -1.44. The van der Waals surface area contributed by atoms with Crippen LogP contribution in [0, 0.1) is 0 Å². The van der Waals surface area contributed by atoms with Gasteiger partial charge in [0, 0.05) is 26.6 Å². The molecule has 20 heavy (non-hydrogen) atoms. The summed E-state index contributed by atoms with van der Waals surface area (Å²) in [4.78, 5) is 11.0. The van der Waals surface area contributed by atoms with E-state index in [-0.39, 0.29) is 17.4 Å². The molecule has 112 valence electrons. The maximum absolute atomic E-state index is 11.9. The molecule has 0 aliphatic heterocycles. The summed E-state index contributed by atoms with van der Waals surface area (Å²) in [5.74, 6) is -0.132. The van der Waals surface area contributed by atoms with Crippen molar-refractivity contribution in [3.8, 4) is 0 Å². The number of hydrogen-bond acceptors (Lipinski definition) is 4. The third-order valence-electron chi connectivity index (χ3n) is 2.65. The summed E-state index contributed by atoms with van der Waals surface area (Å²) in [6.45, 7) is 2.16. The topological polar surface area (TPSA) is 95.5 Å². The van der Waals surface area contributed by atoms with Crippen molar-refractivity contribution in [1.29, 1.82) is 0 Å². The SMILES string of the molecule is CC(=O)NCc1ccc(S(=O)(=O)NCCCCO)cc1. The highest BCUT2D eigenvalue weighted by atomic mass is 32.2. The predicted molar refractivity (Wildman–Crippen MR) is 75.5 cm³/mol.